The normalized spacial score (nSPS) is 18.8. The van der Waals surface area contributed by atoms with E-state index in [-0.39, 0.29) is 5.60 Å². The maximum Gasteiger partial charge on any atom is 0.186 e. The zero-order valence-corrected chi connectivity index (χ0v) is 15.0. The summed E-state index contributed by atoms with van der Waals surface area (Å²) in [4.78, 5) is 8.67. The molecule has 1 N–H and O–H groups in total. The Morgan fingerprint density at radius 3 is 2.62 bits per heavy atom. The summed E-state index contributed by atoms with van der Waals surface area (Å²) in [7, 11) is 0. The number of aromatic nitrogens is 1. The molecule has 2 heterocycles. The molecule has 1 saturated heterocycles. The summed E-state index contributed by atoms with van der Waals surface area (Å²) in [6.07, 6.45) is 0. The second kappa shape index (κ2) is 6.63. The minimum Gasteiger partial charge on any atom is -0.372 e. The van der Waals surface area contributed by atoms with Crippen molar-refractivity contribution >= 4 is 16.5 Å². The van der Waals surface area contributed by atoms with Crippen LogP contribution in [0, 0.1) is 0 Å². The van der Waals surface area contributed by atoms with E-state index in [0.717, 1.165) is 31.4 Å². The quantitative estimate of drug-likeness (QED) is 0.904. The molecule has 1 aromatic rings. The van der Waals surface area contributed by atoms with Crippen LogP contribution >= 0.6 is 11.3 Å². The van der Waals surface area contributed by atoms with Crippen LogP contribution in [0.25, 0.3) is 0 Å². The topological polar surface area (TPSA) is 37.4 Å². The Morgan fingerprint density at radius 1 is 1.33 bits per heavy atom. The number of rotatable bonds is 5. The van der Waals surface area contributed by atoms with Crippen molar-refractivity contribution in [2.75, 3.05) is 24.6 Å². The molecule has 1 aliphatic rings. The highest BCUT2D eigenvalue weighted by molar-refractivity contribution is 7.15. The van der Waals surface area contributed by atoms with Crippen molar-refractivity contribution in [1.29, 1.82) is 0 Å². The van der Waals surface area contributed by atoms with Gasteiger partial charge in [-0.1, -0.05) is 27.7 Å². The third kappa shape index (κ3) is 4.41. The fourth-order valence-electron chi connectivity index (χ4n) is 2.54. The van der Waals surface area contributed by atoms with Gasteiger partial charge in [-0.25, -0.2) is 4.98 Å². The van der Waals surface area contributed by atoms with Crippen LogP contribution in [0.1, 0.15) is 58.0 Å². The lowest BCUT2D eigenvalue weighted by molar-refractivity contribution is -0.0277. The van der Waals surface area contributed by atoms with E-state index in [4.69, 9.17) is 9.72 Å². The lowest BCUT2D eigenvalue weighted by Gasteiger charge is -2.38. The Kier molecular flexibility index (Phi) is 5.28. The van der Waals surface area contributed by atoms with Gasteiger partial charge < -0.3 is 15.0 Å². The second-order valence-corrected chi connectivity index (χ2v) is 8.09. The number of morpholine rings is 1. The van der Waals surface area contributed by atoms with Crippen LogP contribution in [0.15, 0.2) is 0 Å². The smallest absolute Gasteiger partial charge is 0.186 e. The van der Waals surface area contributed by atoms with Crippen LogP contribution in [0.2, 0.25) is 0 Å². The van der Waals surface area contributed by atoms with Gasteiger partial charge in [0, 0.05) is 30.6 Å². The van der Waals surface area contributed by atoms with E-state index in [0.29, 0.717) is 12.0 Å². The van der Waals surface area contributed by atoms with E-state index in [2.05, 4.69) is 51.8 Å². The lowest BCUT2D eigenvalue weighted by Crippen LogP contribution is -2.48. The molecule has 0 amide bonds. The van der Waals surface area contributed by atoms with Gasteiger partial charge in [-0.05, 0) is 19.8 Å². The maximum atomic E-state index is 5.80. The van der Waals surface area contributed by atoms with Gasteiger partial charge in [0.1, 0.15) is 0 Å². The fraction of sp³-hybridized carbons (Fsp3) is 0.812. The Bertz CT molecular complexity index is 468. The summed E-state index contributed by atoms with van der Waals surface area (Å²) in [6.45, 7) is 16.7. The molecule has 120 valence electrons. The molecule has 1 fully saturated rings. The molecule has 0 aromatic carbocycles. The van der Waals surface area contributed by atoms with Gasteiger partial charge in [0.2, 0.25) is 0 Å². The van der Waals surface area contributed by atoms with E-state index < -0.39 is 0 Å². The van der Waals surface area contributed by atoms with Gasteiger partial charge in [-0.3, -0.25) is 0 Å². The highest BCUT2D eigenvalue weighted by Gasteiger charge is 2.29. The van der Waals surface area contributed by atoms with Gasteiger partial charge in [-0.15, -0.1) is 11.3 Å². The van der Waals surface area contributed by atoms with Crippen LogP contribution in [-0.4, -0.2) is 36.3 Å². The Morgan fingerprint density at radius 2 is 2.05 bits per heavy atom. The maximum absolute atomic E-state index is 5.80. The largest absolute Gasteiger partial charge is 0.372 e. The first kappa shape index (κ1) is 16.7. The molecule has 1 aromatic heterocycles. The summed E-state index contributed by atoms with van der Waals surface area (Å²) in [5, 5.41) is 4.67. The first-order valence-electron chi connectivity index (χ1n) is 7.90. The van der Waals surface area contributed by atoms with Crippen LogP contribution in [0.4, 0.5) is 5.13 Å². The van der Waals surface area contributed by atoms with E-state index >= 15 is 0 Å². The fourth-order valence-corrected chi connectivity index (χ4v) is 3.73. The van der Waals surface area contributed by atoms with Gasteiger partial charge in [-0.2, -0.15) is 0 Å². The molecule has 0 spiro atoms. The van der Waals surface area contributed by atoms with Crippen LogP contribution < -0.4 is 10.2 Å². The van der Waals surface area contributed by atoms with E-state index in [1.54, 1.807) is 0 Å². The molecule has 1 aliphatic heterocycles. The van der Waals surface area contributed by atoms with Crippen molar-refractivity contribution in [3.05, 3.63) is 10.6 Å². The first-order valence-corrected chi connectivity index (χ1v) is 8.72. The average molecular weight is 311 g/mol. The highest BCUT2D eigenvalue weighted by atomic mass is 32.1. The SMILES string of the molecule is CC(C)NCc1sc(N2CCOC(C)(C)C2)nc1C(C)C. The molecule has 0 aliphatic carbocycles. The summed E-state index contributed by atoms with van der Waals surface area (Å²) in [5.74, 6) is 0.466. The number of nitrogens with zero attached hydrogens (tertiary/aromatic N) is 2. The van der Waals surface area contributed by atoms with Crippen molar-refractivity contribution in [1.82, 2.24) is 10.3 Å². The summed E-state index contributed by atoms with van der Waals surface area (Å²) in [5.41, 5.74) is 1.16. The zero-order valence-electron chi connectivity index (χ0n) is 14.2. The van der Waals surface area contributed by atoms with Crippen LogP contribution in [0.3, 0.4) is 0 Å². The summed E-state index contributed by atoms with van der Waals surface area (Å²) in [6, 6.07) is 0.498. The zero-order chi connectivity index (χ0) is 15.6. The number of hydrogen-bond acceptors (Lipinski definition) is 5. The van der Waals surface area contributed by atoms with Crippen molar-refractivity contribution in [3.63, 3.8) is 0 Å². The Labute approximate surface area is 132 Å². The van der Waals surface area contributed by atoms with Crippen LogP contribution in [0.5, 0.6) is 0 Å². The van der Waals surface area contributed by atoms with Crippen molar-refractivity contribution in [2.45, 2.75) is 65.6 Å². The Balaban J connectivity index is 2.18. The van der Waals surface area contributed by atoms with E-state index in [1.807, 2.05) is 11.3 Å². The first-order chi connectivity index (χ1) is 9.78. The van der Waals surface area contributed by atoms with Crippen molar-refractivity contribution < 1.29 is 4.74 Å². The van der Waals surface area contributed by atoms with Gasteiger partial charge in [0.15, 0.2) is 5.13 Å². The standard InChI is InChI=1S/C16H29N3OS/c1-11(2)14-13(9-17-12(3)4)21-15(18-14)19-7-8-20-16(5,6)10-19/h11-12,17H,7-10H2,1-6H3. The van der Waals surface area contributed by atoms with Crippen LogP contribution in [-0.2, 0) is 11.3 Å². The van der Waals surface area contributed by atoms with Gasteiger partial charge >= 0.3 is 0 Å². The molecule has 0 radical (unpaired) electrons. The minimum absolute atomic E-state index is 0.0851. The lowest BCUT2D eigenvalue weighted by atomic mass is 10.1. The third-order valence-electron chi connectivity index (χ3n) is 3.63. The molecule has 0 atom stereocenters. The average Bonchev–Trinajstić information content (AvgIpc) is 2.79. The summed E-state index contributed by atoms with van der Waals surface area (Å²) < 4.78 is 5.80. The monoisotopic (exact) mass is 311 g/mol. The third-order valence-corrected chi connectivity index (χ3v) is 4.76. The highest BCUT2D eigenvalue weighted by Crippen LogP contribution is 2.33. The number of anilines is 1. The number of hydrogen-bond donors (Lipinski definition) is 1. The molecule has 0 unspecified atom stereocenters. The molecule has 21 heavy (non-hydrogen) atoms. The molecular formula is C16H29N3OS. The number of ether oxygens (including phenoxy) is 1. The van der Waals surface area contributed by atoms with Crippen molar-refractivity contribution in [3.8, 4) is 0 Å². The molecule has 0 bridgehead atoms. The minimum atomic E-state index is -0.0851. The molecular weight excluding hydrogens is 282 g/mol. The predicted octanol–water partition coefficient (Wildman–Crippen LogP) is 3.38. The van der Waals surface area contributed by atoms with Crippen molar-refractivity contribution in [2.24, 2.45) is 0 Å². The van der Waals surface area contributed by atoms with Gasteiger partial charge in [0.05, 0.1) is 17.9 Å². The Hall–Kier alpha value is -0.650. The van der Waals surface area contributed by atoms with E-state index in [9.17, 15) is 0 Å². The van der Waals surface area contributed by atoms with E-state index in [1.165, 1.54) is 10.6 Å². The van der Waals surface area contributed by atoms with Gasteiger partial charge in [0.25, 0.3) is 0 Å². The molecule has 4 nitrogen and oxygen atoms in total. The molecule has 5 heteroatoms. The predicted molar refractivity (Wildman–Crippen MR) is 90.4 cm³/mol. The molecule has 2 rings (SSSR count). The number of thiazole rings is 1. The summed E-state index contributed by atoms with van der Waals surface area (Å²) >= 11 is 1.83. The number of nitrogens with one attached hydrogen (secondary N) is 1. The molecule has 0 saturated carbocycles. The second-order valence-electron chi connectivity index (χ2n) is 7.02.